The van der Waals surface area contributed by atoms with Crippen molar-refractivity contribution in [3.05, 3.63) is 52.9 Å². The zero-order chi connectivity index (χ0) is 28.8. The van der Waals surface area contributed by atoms with Crippen LogP contribution in [0.25, 0.3) is 11.0 Å². The quantitative estimate of drug-likeness (QED) is 0.373. The van der Waals surface area contributed by atoms with Gasteiger partial charge >= 0.3 is 17.8 Å². The van der Waals surface area contributed by atoms with Crippen LogP contribution in [-0.4, -0.2) is 80.5 Å². The van der Waals surface area contributed by atoms with Gasteiger partial charge in [0.25, 0.3) is 0 Å². The van der Waals surface area contributed by atoms with E-state index >= 15 is 0 Å². The highest BCUT2D eigenvalue weighted by molar-refractivity contribution is 7.89. The van der Waals surface area contributed by atoms with E-state index in [1.54, 1.807) is 6.07 Å². The summed E-state index contributed by atoms with van der Waals surface area (Å²) in [7, 11) is -0.686. The van der Waals surface area contributed by atoms with Gasteiger partial charge in [0.15, 0.2) is 11.5 Å². The van der Waals surface area contributed by atoms with Crippen LogP contribution in [0.3, 0.4) is 0 Å². The lowest BCUT2D eigenvalue weighted by atomic mass is 10.0. The number of piperidine rings is 1. The fourth-order valence-corrected chi connectivity index (χ4v) is 5.28. The van der Waals surface area contributed by atoms with Crippen molar-refractivity contribution in [1.82, 2.24) is 19.2 Å². The molecule has 1 aromatic heterocycles. The minimum atomic E-state index is -5.08. The number of carboxylic acid groups (broad SMARTS) is 1. The number of hydrogen-bond acceptors (Lipinski definition) is 7. The van der Waals surface area contributed by atoms with Crippen LogP contribution in [0.2, 0.25) is 0 Å². The minimum absolute atomic E-state index is 0.0765. The van der Waals surface area contributed by atoms with Crippen molar-refractivity contribution in [3.63, 3.8) is 0 Å². The molecule has 214 valence electrons. The van der Waals surface area contributed by atoms with Crippen LogP contribution in [0, 0.1) is 0 Å². The topological polar surface area (TPSA) is 143 Å². The molecule has 0 aliphatic carbocycles. The van der Waals surface area contributed by atoms with E-state index in [1.807, 2.05) is 28.8 Å². The summed E-state index contributed by atoms with van der Waals surface area (Å²) in [6, 6.07) is 12.4. The number of aromatic amines is 1. The Bertz CT molecular complexity index is 1450. The zero-order valence-corrected chi connectivity index (χ0v) is 22.0. The molecule has 1 saturated heterocycles. The number of likely N-dealkylation sites (tertiary alicyclic amines) is 1. The third-order valence-electron chi connectivity index (χ3n) is 6.17. The van der Waals surface area contributed by atoms with E-state index in [0.29, 0.717) is 24.6 Å². The highest BCUT2D eigenvalue weighted by Crippen LogP contribution is 2.29. The summed E-state index contributed by atoms with van der Waals surface area (Å²) in [6.07, 6.45) is -3.41. The average Bonchev–Trinajstić information content (AvgIpc) is 3.24. The molecule has 0 spiro atoms. The largest absolute Gasteiger partial charge is 0.493 e. The Labute approximate surface area is 222 Å². The van der Waals surface area contributed by atoms with Crippen molar-refractivity contribution in [2.24, 2.45) is 0 Å². The van der Waals surface area contributed by atoms with Crippen molar-refractivity contribution < 1.29 is 41.0 Å². The van der Waals surface area contributed by atoms with Gasteiger partial charge in [-0.15, -0.1) is 0 Å². The molecule has 0 amide bonds. The van der Waals surface area contributed by atoms with Crippen molar-refractivity contribution >= 4 is 27.0 Å². The molecular formula is C24H29F3N4O7S. The number of alkyl halides is 3. The first-order valence-corrected chi connectivity index (χ1v) is 13.3. The molecule has 15 heteroatoms. The smallest absolute Gasteiger partial charge is 0.490 e. The third kappa shape index (κ3) is 7.52. The molecule has 2 heterocycles. The van der Waals surface area contributed by atoms with Crippen molar-refractivity contribution in [1.29, 1.82) is 0 Å². The molecule has 3 N–H and O–H groups in total. The zero-order valence-electron chi connectivity index (χ0n) is 21.2. The number of hydrogen-bond donors (Lipinski definition) is 3. The average molecular weight is 575 g/mol. The molecule has 1 aliphatic heterocycles. The van der Waals surface area contributed by atoms with Gasteiger partial charge in [-0.3, -0.25) is 4.57 Å². The second-order valence-corrected chi connectivity index (χ2v) is 10.4. The normalized spacial score (nSPS) is 15.0. The molecule has 3 aromatic rings. The van der Waals surface area contributed by atoms with E-state index in [1.165, 1.54) is 26.4 Å². The summed E-state index contributed by atoms with van der Waals surface area (Å²) in [5.41, 5.74) is 1.70. The number of carbonyl (C=O) groups is 1. The second-order valence-electron chi connectivity index (χ2n) is 8.61. The van der Waals surface area contributed by atoms with Gasteiger partial charge in [-0.1, -0.05) is 12.1 Å². The van der Waals surface area contributed by atoms with E-state index < -0.39 is 22.2 Å². The Kier molecular flexibility index (Phi) is 9.63. The fourth-order valence-electron chi connectivity index (χ4n) is 4.24. The second kappa shape index (κ2) is 12.5. The lowest BCUT2D eigenvalue weighted by Crippen LogP contribution is -2.41. The van der Waals surface area contributed by atoms with Gasteiger partial charge in [-0.05, 0) is 37.1 Å². The molecule has 2 aromatic carbocycles. The predicted molar refractivity (Wildman–Crippen MR) is 136 cm³/mol. The van der Waals surface area contributed by atoms with E-state index in [0.717, 1.165) is 37.0 Å². The van der Waals surface area contributed by atoms with E-state index in [9.17, 15) is 26.4 Å². The van der Waals surface area contributed by atoms with Crippen LogP contribution in [0.15, 0.2) is 52.2 Å². The number of nitrogens with zero attached hydrogens (tertiary/aromatic N) is 2. The molecule has 4 rings (SSSR count). The number of carboxylic acids is 1. The first kappa shape index (κ1) is 30.0. The Balaban J connectivity index is 0.000000532. The highest BCUT2D eigenvalue weighted by atomic mass is 32.2. The molecule has 39 heavy (non-hydrogen) atoms. The summed E-state index contributed by atoms with van der Waals surface area (Å²) < 4.78 is 71.9. The summed E-state index contributed by atoms with van der Waals surface area (Å²) in [5.74, 6) is -1.92. The Hall–Kier alpha value is -3.56. The van der Waals surface area contributed by atoms with Gasteiger partial charge < -0.3 is 24.5 Å². The maximum atomic E-state index is 12.6. The Morgan fingerprint density at radius 2 is 1.72 bits per heavy atom. The minimum Gasteiger partial charge on any atom is -0.493 e. The molecule has 1 fully saturated rings. The van der Waals surface area contributed by atoms with Gasteiger partial charge in [0.2, 0.25) is 10.0 Å². The SMILES string of the molecule is COc1ccc(S(=O)(=O)NCCN2CCC(n3c(=O)[nH]c4ccccc43)CC2)cc1OC.O=C(O)C(F)(F)F. The van der Waals surface area contributed by atoms with E-state index in [-0.39, 0.29) is 16.6 Å². The van der Waals surface area contributed by atoms with Crippen molar-refractivity contribution in [2.45, 2.75) is 30.0 Å². The third-order valence-corrected chi connectivity index (χ3v) is 7.63. The van der Waals surface area contributed by atoms with E-state index in [4.69, 9.17) is 19.4 Å². The van der Waals surface area contributed by atoms with Crippen molar-refractivity contribution in [2.75, 3.05) is 40.4 Å². The highest BCUT2D eigenvalue weighted by Gasteiger charge is 2.38. The number of aromatic nitrogens is 2. The first-order chi connectivity index (χ1) is 18.4. The van der Waals surface area contributed by atoms with Gasteiger partial charge in [-0.25, -0.2) is 22.7 Å². The van der Waals surface area contributed by atoms with Crippen LogP contribution in [-0.2, 0) is 14.8 Å². The molecule has 0 radical (unpaired) electrons. The number of benzene rings is 2. The van der Waals surface area contributed by atoms with Crippen LogP contribution in [0.5, 0.6) is 11.5 Å². The molecule has 11 nitrogen and oxygen atoms in total. The number of ether oxygens (including phenoxy) is 2. The van der Waals surface area contributed by atoms with Crippen LogP contribution in [0.1, 0.15) is 18.9 Å². The van der Waals surface area contributed by atoms with Gasteiger partial charge in [0.05, 0.1) is 30.1 Å². The van der Waals surface area contributed by atoms with Gasteiger partial charge in [-0.2, -0.15) is 13.2 Å². The maximum Gasteiger partial charge on any atom is 0.490 e. The predicted octanol–water partition coefficient (Wildman–Crippen LogP) is 2.60. The lowest BCUT2D eigenvalue weighted by molar-refractivity contribution is -0.192. The molecule has 0 unspecified atom stereocenters. The lowest BCUT2D eigenvalue weighted by Gasteiger charge is -2.32. The van der Waals surface area contributed by atoms with Gasteiger partial charge in [0, 0.05) is 38.3 Å². The van der Waals surface area contributed by atoms with Gasteiger partial charge in [0.1, 0.15) is 0 Å². The number of halogens is 3. The number of fused-ring (bicyclic) bond motifs is 1. The van der Waals surface area contributed by atoms with Crippen molar-refractivity contribution in [3.8, 4) is 11.5 Å². The molecule has 0 saturated carbocycles. The molecule has 1 aliphatic rings. The monoisotopic (exact) mass is 574 g/mol. The molecule has 0 atom stereocenters. The number of H-pyrrole nitrogens is 1. The first-order valence-electron chi connectivity index (χ1n) is 11.8. The molecule has 0 bridgehead atoms. The standard InChI is InChI=1S/C22H28N4O5S.C2HF3O2/c1-30-20-8-7-17(15-21(20)31-2)32(28,29)23-11-14-25-12-9-16(10-13-25)26-19-6-4-3-5-18(19)24-22(26)27;3-2(4,5)1(6)7/h3-8,15-16,23H,9-14H2,1-2H3,(H,24,27);(H,6,7). The number of imidazole rings is 1. The maximum absolute atomic E-state index is 12.6. The summed E-state index contributed by atoms with van der Waals surface area (Å²) in [4.78, 5) is 26.6. The fraction of sp³-hybridized carbons (Fsp3) is 0.417. The number of methoxy groups -OCH3 is 2. The summed E-state index contributed by atoms with van der Waals surface area (Å²) >= 11 is 0. The number of sulfonamides is 1. The van der Waals surface area contributed by atoms with E-state index in [2.05, 4.69) is 14.6 Å². The number of nitrogens with one attached hydrogen (secondary N) is 2. The van der Waals surface area contributed by atoms with Crippen LogP contribution < -0.4 is 19.9 Å². The Morgan fingerprint density at radius 3 is 2.31 bits per heavy atom. The number of aliphatic carboxylic acids is 1. The number of para-hydroxylation sites is 2. The Morgan fingerprint density at radius 1 is 1.10 bits per heavy atom. The summed E-state index contributed by atoms with van der Waals surface area (Å²) in [5, 5.41) is 7.12. The molecular weight excluding hydrogens is 545 g/mol. The van der Waals surface area contributed by atoms with Crippen LogP contribution in [0.4, 0.5) is 13.2 Å². The van der Waals surface area contributed by atoms with Crippen LogP contribution >= 0.6 is 0 Å². The number of rotatable bonds is 8. The summed E-state index contributed by atoms with van der Waals surface area (Å²) in [6.45, 7) is 2.50.